The van der Waals surface area contributed by atoms with Crippen molar-refractivity contribution in [1.29, 1.82) is 0 Å². The Morgan fingerprint density at radius 3 is 2.43 bits per heavy atom. The molecule has 1 aliphatic heterocycles. The molecule has 3 rings (SSSR count). The Balaban J connectivity index is 1.55. The molecule has 0 radical (unpaired) electrons. The third kappa shape index (κ3) is 5.28. The van der Waals surface area contributed by atoms with E-state index in [1.807, 2.05) is 44.2 Å². The summed E-state index contributed by atoms with van der Waals surface area (Å²) in [5.41, 5.74) is 4.11. The first-order valence-corrected chi connectivity index (χ1v) is 11.7. The van der Waals surface area contributed by atoms with Crippen LogP contribution in [0.5, 0.6) is 0 Å². The molecule has 1 fully saturated rings. The van der Waals surface area contributed by atoms with E-state index in [-0.39, 0.29) is 11.8 Å². The summed E-state index contributed by atoms with van der Waals surface area (Å²) < 4.78 is 32.5. The number of nitrogens with one attached hydrogen (secondary N) is 1. The van der Waals surface area contributed by atoms with E-state index in [4.69, 9.17) is 4.74 Å². The number of benzene rings is 2. The van der Waals surface area contributed by atoms with Gasteiger partial charge in [0, 0.05) is 32.7 Å². The summed E-state index contributed by atoms with van der Waals surface area (Å²) in [6.07, 6.45) is 1.05. The number of sulfonamides is 1. The van der Waals surface area contributed by atoms with Crippen LogP contribution in [0.1, 0.15) is 35.1 Å². The number of hydrogen-bond donors (Lipinski definition) is 1. The van der Waals surface area contributed by atoms with Crippen LogP contribution in [0, 0.1) is 19.8 Å². The average Bonchev–Trinajstić information content (AvgIpc) is 2.74. The number of rotatable bonds is 7. The second-order valence-corrected chi connectivity index (χ2v) is 9.83. The summed E-state index contributed by atoms with van der Waals surface area (Å²) in [4.78, 5) is 12.9. The topological polar surface area (TPSA) is 75.7 Å². The smallest absolute Gasteiger partial charge is 0.243 e. The second kappa shape index (κ2) is 9.73. The van der Waals surface area contributed by atoms with Gasteiger partial charge in [0.2, 0.25) is 15.9 Å². The zero-order valence-corrected chi connectivity index (χ0v) is 18.7. The summed E-state index contributed by atoms with van der Waals surface area (Å²) in [6, 6.07) is 13.1. The minimum Gasteiger partial charge on any atom is -0.380 e. The Kier molecular flexibility index (Phi) is 7.28. The van der Waals surface area contributed by atoms with E-state index in [9.17, 15) is 13.2 Å². The van der Waals surface area contributed by atoms with E-state index in [1.165, 1.54) is 4.31 Å². The van der Waals surface area contributed by atoms with Crippen LogP contribution in [0.3, 0.4) is 0 Å². The second-order valence-electron chi connectivity index (χ2n) is 7.90. The van der Waals surface area contributed by atoms with Crippen molar-refractivity contribution in [2.75, 3.05) is 20.2 Å². The van der Waals surface area contributed by atoms with Crippen LogP contribution in [0.15, 0.2) is 47.4 Å². The Bertz CT molecular complexity index is 996. The molecule has 0 atom stereocenters. The Morgan fingerprint density at radius 2 is 1.77 bits per heavy atom. The van der Waals surface area contributed by atoms with Gasteiger partial charge in [0.05, 0.1) is 11.5 Å². The van der Waals surface area contributed by atoms with Crippen LogP contribution < -0.4 is 5.32 Å². The molecule has 162 valence electrons. The molecule has 30 heavy (non-hydrogen) atoms. The molecule has 6 nitrogen and oxygen atoms in total. The molecule has 0 unspecified atom stereocenters. The molecular formula is C23H30N2O4S. The third-order valence-electron chi connectivity index (χ3n) is 5.71. The minimum absolute atomic E-state index is 0.0182. The Labute approximate surface area is 179 Å². The lowest BCUT2D eigenvalue weighted by Crippen LogP contribution is -2.42. The highest BCUT2D eigenvalue weighted by Gasteiger charge is 2.32. The van der Waals surface area contributed by atoms with Gasteiger partial charge in [-0.05, 0) is 61.1 Å². The molecule has 0 aliphatic carbocycles. The average molecular weight is 431 g/mol. The lowest BCUT2D eigenvalue weighted by Gasteiger charge is -2.30. The maximum absolute atomic E-state index is 12.9. The van der Waals surface area contributed by atoms with E-state index in [0.717, 1.165) is 22.3 Å². The molecule has 0 bridgehead atoms. The van der Waals surface area contributed by atoms with Crippen molar-refractivity contribution in [3.05, 3.63) is 64.7 Å². The van der Waals surface area contributed by atoms with Crippen LogP contribution >= 0.6 is 0 Å². The van der Waals surface area contributed by atoms with Crippen molar-refractivity contribution < 1.29 is 17.9 Å². The zero-order valence-electron chi connectivity index (χ0n) is 17.8. The largest absolute Gasteiger partial charge is 0.380 e. The maximum atomic E-state index is 12.9. The number of hydrogen-bond acceptors (Lipinski definition) is 4. The normalized spacial score (nSPS) is 15.8. The summed E-state index contributed by atoms with van der Waals surface area (Å²) in [7, 11) is -1.87. The third-order valence-corrected chi connectivity index (χ3v) is 7.60. The summed E-state index contributed by atoms with van der Waals surface area (Å²) in [6.45, 7) is 5.58. The summed E-state index contributed by atoms with van der Waals surface area (Å²) >= 11 is 0. The van der Waals surface area contributed by atoms with Gasteiger partial charge in [0.15, 0.2) is 0 Å². The van der Waals surface area contributed by atoms with Crippen molar-refractivity contribution >= 4 is 15.9 Å². The number of piperidine rings is 1. The highest BCUT2D eigenvalue weighted by atomic mass is 32.2. The van der Waals surface area contributed by atoms with Crippen molar-refractivity contribution in [2.24, 2.45) is 5.92 Å². The molecule has 2 aromatic carbocycles. The first kappa shape index (κ1) is 22.5. The van der Waals surface area contributed by atoms with Gasteiger partial charge in [-0.15, -0.1) is 0 Å². The van der Waals surface area contributed by atoms with E-state index in [0.29, 0.717) is 44.0 Å². The number of carbonyl (C=O) groups is 1. The van der Waals surface area contributed by atoms with Gasteiger partial charge in [-0.2, -0.15) is 4.31 Å². The lowest BCUT2D eigenvalue weighted by atomic mass is 9.97. The van der Waals surface area contributed by atoms with Crippen LogP contribution in [0.25, 0.3) is 0 Å². The summed E-state index contributed by atoms with van der Waals surface area (Å²) in [5.74, 6) is -0.186. The number of nitrogens with zero attached hydrogens (tertiary/aromatic N) is 1. The molecule has 1 saturated heterocycles. The fourth-order valence-electron chi connectivity index (χ4n) is 3.71. The fourth-order valence-corrected chi connectivity index (χ4v) is 5.27. The molecular weight excluding hydrogens is 400 g/mol. The zero-order chi connectivity index (χ0) is 21.7. The van der Waals surface area contributed by atoms with E-state index < -0.39 is 10.0 Å². The molecule has 7 heteroatoms. The first-order chi connectivity index (χ1) is 14.3. The number of ether oxygens (including phenoxy) is 1. The molecule has 1 amide bonds. The van der Waals surface area contributed by atoms with Crippen LogP contribution in [-0.2, 0) is 32.7 Å². The van der Waals surface area contributed by atoms with Crippen LogP contribution in [0.2, 0.25) is 0 Å². The Hall–Kier alpha value is -2.22. The van der Waals surface area contributed by atoms with Crippen LogP contribution in [0.4, 0.5) is 0 Å². The maximum Gasteiger partial charge on any atom is 0.243 e. The van der Waals surface area contributed by atoms with Crippen LogP contribution in [-0.4, -0.2) is 38.8 Å². The Morgan fingerprint density at radius 1 is 1.07 bits per heavy atom. The highest BCUT2D eigenvalue weighted by Crippen LogP contribution is 2.25. The number of methoxy groups -OCH3 is 1. The van der Waals surface area contributed by atoms with Crippen molar-refractivity contribution in [3.63, 3.8) is 0 Å². The SMILES string of the molecule is COCc1cccc(CNC(=O)C2CCN(S(=O)(=O)c3ccc(C)c(C)c3)CC2)c1. The first-order valence-electron chi connectivity index (χ1n) is 10.2. The molecule has 1 N–H and O–H groups in total. The van der Waals surface area contributed by atoms with Gasteiger partial charge in [-0.1, -0.05) is 30.3 Å². The van der Waals surface area contributed by atoms with E-state index in [1.54, 1.807) is 19.2 Å². The molecule has 1 aliphatic rings. The van der Waals surface area contributed by atoms with Gasteiger partial charge in [-0.3, -0.25) is 4.79 Å². The molecule has 1 heterocycles. The van der Waals surface area contributed by atoms with Gasteiger partial charge < -0.3 is 10.1 Å². The monoisotopic (exact) mass is 430 g/mol. The van der Waals surface area contributed by atoms with E-state index >= 15 is 0 Å². The number of aryl methyl sites for hydroxylation is 2. The highest BCUT2D eigenvalue weighted by molar-refractivity contribution is 7.89. The number of amides is 1. The predicted octanol–water partition coefficient (Wildman–Crippen LogP) is 3.17. The van der Waals surface area contributed by atoms with Crippen molar-refractivity contribution in [2.45, 2.75) is 44.7 Å². The van der Waals surface area contributed by atoms with Gasteiger partial charge >= 0.3 is 0 Å². The minimum atomic E-state index is -3.53. The van der Waals surface area contributed by atoms with E-state index in [2.05, 4.69) is 5.32 Å². The predicted molar refractivity (Wildman–Crippen MR) is 116 cm³/mol. The van der Waals surface area contributed by atoms with Gasteiger partial charge in [0.25, 0.3) is 0 Å². The fraction of sp³-hybridized carbons (Fsp3) is 0.435. The molecule has 0 spiro atoms. The molecule has 0 aromatic heterocycles. The van der Waals surface area contributed by atoms with Gasteiger partial charge in [-0.25, -0.2) is 8.42 Å². The standard InChI is InChI=1S/C23H30N2O4S/c1-17-7-8-22(13-18(17)2)30(27,28)25-11-9-21(10-12-25)23(26)24-15-19-5-4-6-20(14-19)16-29-3/h4-8,13-14,21H,9-12,15-16H2,1-3H3,(H,24,26). The molecule has 2 aromatic rings. The van der Waals surface area contributed by atoms with Crippen molar-refractivity contribution in [3.8, 4) is 0 Å². The van der Waals surface area contributed by atoms with Gasteiger partial charge in [0.1, 0.15) is 0 Å². The summed E-state index contributed by atoms with van der Waals surface area (Å²) in [5, 5.41) is 2.99. The quantitative estimate of drug-likeness (QED) is 0.732. The van der Waals surface area contributed by atoms with Crippen molar-refractivity contribution in [1.82, 2.24) is 9.62 Å². The molecule has 0 saturated carbocycles. The number of carbonyl (C=O) groups excluding carboxylic acids is 1. The lowest BCUT2D eigenvalue weighted by molar-refractivity contribution is -0.126.